The van der Waals surface area contributed by atoms with Crippen molar-refractivity contribution >= 4 is 33.8 Å². The first-order valence-electron chi connectivity index (χ1n) is 8.92. The number of nitrogens with zero attached hydrogens (tertiary/aromatic N) is 4. The van der Waals surface area contributed by atoms with Crippen molar-refractivity contribution in [2.45, 2.75) is 6.92 Å². The number of nitrogens with one attached hydrogen (secondary N) is 1. The Balaban J connectivity index is 1.58. The summed E-state index contributed by atoms with van der Waals surface area (Å²) in [5.74, 6) is 0.784. The lowest BCUT2D eigenvalue weighted by Crippen LogP contribution is -2.44. The van der Waals surface area contributed by atoms with Crippen LogP contribution in [0.3, 0.4) is 0 Å². The van der Waals surface area contributed by atoms with E-state index in [1.54, 1.807) is 6.33 Å². The van der Waals surface area contributed by atoms with Crippen molar-refractivity contribution in [3.8, 4) is 0 Å². The van der Waals surface area contributed by atoms with Gasteiger partial charge in [-0.2, -0.15) is 0 Å². The number of fused-ring (bicyclic) bond motifs is 1. The van der Waals surface area contributed by atoms with Crippen LogP contribution in [0.25, 0.3) is 10.9 Å². The molecule has 26 heavy (non-hydrogen) atoms. The number of nitrogen functional groups attached to an aromatic ring is 1. The van der Waals surface area contributed by atoms with Crippen molar-refractivity contribution in [1.82, 2.24) is 14.9 Å². The fourth-order valence-electron chi connectivity index (χ4n) is 3.39. The molecule has 6 heteroatoms. The van der Waals surface area contributed by atoms with Crippen LogP contribution in [0.1, 0.15) is 5.56 Å². The molecule has 0 spiro atoms. The number of piperazine rings is 1. The number of nitrogens with two attached hydrogens (primary N) is 1. The van der Waals surface area contributed by atoms with E-state index in [1.807, 2.05) is 19.1 Å². The zero-order valence-electron chi connectivity index (χ0n) is 15.2. The first-order valence-corrected chi connectivity index (χ1v) is 8.92. The maximum absolute atomic E-state index is 6.07. The van der Waals surface area contributed by atoms with Gasteiger partial charge in [0.15, 0.2) is 0 Å². The monoisotopic (exact) mass is 348 g/mol. The summed E-state index contributed by atoms with van der Waals surface area (Å²) in [7, 11) is 2.17. The van der Waals surface area contributed by atoms with Crippen molar-refractivity contribution in [3.63, 3.8) is 0 Å². The number of rotatable bonds is 3. The third kappa shape index (κ3) is 3.15. The minimum atomic E-state index is 0.751. The lowest BCUT2D eigenvalue weighted by Gasteiger charge is -2.34. The molecule has 4 rings (SSSR count). The SMILES string of the molecule is Cc1c(N)ccc2ncnc(Nc3ccc(N4CCN(C)CC4)cc3)c12. The summed E-state index contributed by atoms with van der Waals surface area (Å²) in [6, 6.07) is 12.4. The highest BCUT2D eigenvalue weighted by molar-refractivity contribution is 5.96. The molecule has 0 radical (unpaired) electrons. The molecule has 1 aliphatic rings. The molecule has 0 saturated carbocycles. The van der Waals surface area contributed by atoms with Crippen LogP contribution in [-0.2, 0) is 0 Å². The summed E-state index contributed by atoms with van der Waals surface area (Å²) < 4.78 is 0. The minimum absolute atomic E-state index is 0.751. The number of aryl methyl sites for hydroxylation is 1. The Hall–Kier alpha value is -2.86. The Morgan fingerprint density at radius 3 is 2.42 bits per heavy atom. The third-order valence-corrected chi connectivity index (χ3v) is 5.10. The summed E-state index contributed by atoms with van der Waals surface area (Å²) in [4.78, 5) is 13.6. The van der Waals surface area contributed by atoms with E-state index in [-0.39, 0.29) is 0 Å². The lowest BCUT2D eigenvalue weighted by molar-refractivity contribution is 0.313. The maximum atomic E-state index is 6.07. The van der Waals surface area contributed by atoms with E-state index in [2.05, 4.69) is 56.4 Å². The van der Waals surface area contributed by atoms with Crippen molar-refractivity contribution in [2.75, 3.05) is 49.2 Å². The van der Waals surface area contributed by atoms with E-state index in [4.69, 9.17) is 5.73 Å². The topological polar surface area (TPSA) is 70.3 Å². The number of hydrogen-bond acceptors (Lipinski definition) is 6. The zero-order valence-corrected chi connectivity index (χ0v) is 15.2. The van der Waals surface area contributed by atoms with Gasteiger partial charge in [0.2, 0.25) is 0 Å². The highest BCUT2D eigenvalue weighted by Gasteiger charge is 2.14. The Morgan fingerprint density at radius 2 is 1.69 bits per heavy atom. The van der Waals surface area contributed by atoms with Crippen LogP contribution in [0.15, 0.2) is 42.7 Å². The standard InChI is InChI=1S/C20H24N6/c1-14-17(21)7-8-18-19(14)20(23-13-22-18)24-15-3-5-16(6-4-15)26-11-9-25(2)10-12-26/h3-8,13H,9-12,21H2,1-2H3,(H,22,23,24). The fraction of sp³-hybridized carbons (Fsp3) is 0.300. The maximum Gasteiger partial charge on any atom is 0.142 e. The van der Waals surface area contributed by atoms with Gasteiger partial charge in [-0.15, -0.1) is 0 Å². The van der Waals surface area contributed by atoms with E-state index in [9.17, 15) is 0 Å². The number of anilines is 4. The average molecular weight is 348 g/mol. The first kappa shape index (κ1) is 16.6. The zero-order chi connectivity index (χ0) is 18.1. The minimum Gasteiger partial charge on any atom is -0.398 e. The molecule has 0 amide bonds. The number of aromatic nitrogens is 2. The first-order chi connectivity index (χ1) is 12.6. The molecule has 134 valence electrons. The van der Waals surface area contributed by atoms with Crippen LogP contribution in [-0.4, -0.2) is 48.1 Å². The smallest absolute Gasteiger partial charge is 0.142 e. The van der Waals surface area contributed by atoms with Gasteiger partial charge in [0, 0.05) is 48.6 Å². The summed E-state index contributed by atoms with van der Waals surface area (Å²) in [6.45, 7) is 6.35. The molecule has 0 atom stereocenters. The average Bonchev–Trinajstić information content (AvgIpc) is 2.66. The molecule has 3 aromatic rings. The van der Waals surface area contributed by atoms with Gasteiger partial charge in [0.25, 0.3) is 0 Å². The normalized spacial score (nSPS) is 15.4. The highest BCUT2D eigenvalue weighted by atomic mass is 15.2. The van der Waals surface area contributed by atoms with E-state index in [0.717, 1.165) is 59.8 Å². The Morgan fingerprint density at radius 1 is 0.962 bits per heavy atom. The fourth-order valence-corrected chi connectivity index (χ4v) is 3.39. The van der Waals surface area contributed by atoms with Crippen LogP contribution in [0, 0.1) is 6.92 Å². The molecule has 0 unspecified atom stereocenters. The molecule has 2 heterocycles. The summed E-state index contributed by atoms with van der Waals surface area (Å²) in [5, 5.41) is 4.39. The predicted octanol–water partition coefficient (Wildman–Crippen LogP) is 3.02. The molecule has 1 aromatic heterocycles. The molecule has 1 aliphatic heterocycles. The van der Waals surface area contributed by atoms with Gasteiger partial charge in [-0.25, -0.2) is 9.97 Å². The third-order valence-electron chi connectivity index (χ3n) is 5.10. The van der Waals surface area contributed by atoms with E-state index in [1.165, 1.54) is 5.69 Å². The highest BCUT2D eigenvalue weighted by Crippen LogP contribution is 2.29. The van der Waals surface area contributed by atoms with Crippen molar-refractivity contribution < 1.29 is 0 Å². The Kier molecular flexibility index (Phi) is 4.34. The Bertz CT molecular complexity index is 913. The van der Waals surface area contributed by atoms with Crippen molar-refractivity contribution in [1.29, 1.82) is 0 Å². The molecule has 1 fully saturated rings. The van der Waals surface area contributed by atoms with E-state index in [0.29, 0.717) is 0 Å². The molecule has 6 nitrogen and oxygen atoms in total. The molecule has 2 aromatic carbocycles. The van der Waals surface area contributed by atoms with Gasteiger partial charge in [0.1, 0.15) is 12.1 Å². The molecule has 1 saturated heterocycles. The molecular weight excluding hydrogens is 324 g/mol. The van der Waals surface area contributed by atoms with Gasteiger partial charge in [-0.05, 0) is 55.9 Å². The number of benzene rings is 2. The van der Waals surface area contributed by atoms with Crippen LogP contribution < -0.4 is 16.0 Å². The molecule has 3 N–H and O–H groups in total. The van der Waals surface area contributed by atoms with Crippen LogP contribution >= 0.6 is 0 Å². The van der Waals surface area contributed by atoms with Gasteiger partial charge in [0.05, 0.1) is 5.52 Å². The van der Waals surface area contributed by atoms with Gasteiger partial charge >= 0.3 is 0 Å². The predicted molar refractivity (Wildman–Crippen MR) is 108 cm³/mol. The number of likely N-dealkylation sites (N-methyl/N-ethyl adjacent to an activating group) is 1. The molecular formula is C20H24N6. The Labute approximate surface area is 153 Å². The molecule has 0 bridgehead atoms. The second kappa shape index (κ2) is 6.80. The second-order valence-electron chi connectivity index (χ2n) is 6.86. The van der Waals surface area contributed by atoms with Gasteiger partial charge in [-0.3, -0.25) is 0 Å². The van der Waals surface area contributed by atoms with Crippen molar-refractivity contribution in [3.05, 3.63) is 48.3 Å². The van der Waals surface area contributed by atoms with Gasteiger partial charge < -0.3 is 20.9 Å². The quantitative estimate of drug-likeness (QED) is 0.709. The largest absolute Gasteiger partial charge is 0.398 e. The lowest BCUT2D eigenvalue weighted by atomic mass is 10.1. The van der Waals surface area contributed by atoms with Crippen LogP contribution in [0.4, 0.5) is 22.9 Å². The van der Waals surface area contributed by atoms with E-state index < -0.39 is 0 Å². The summed E-state index contributed by atoms with van der Waals surface area (Å²) >= 11 is 0. The molecule has 0 aliphatic carbocycles. The van der Waals surface area contributed by atoms with Crippen molar-refractivity contribution in [2.24, 2.45) is 0 Å². The van der Waals surface area contributed by atoms with E-state index >= 15 is 0 Å². The van der Waals surface area contributed by atoms with Crippen LogP contribution in [0.2, 0.25) is 0 Å². The summed E-state index contributed by atoms with van der Waals surface area (Å²) in [6.07, 6.45) is 1.58. The van der Waals surface area contributed by atoms with Gasteiger partial charge in [-0.1, -0.05) is 0 Å². The van der Waals surface area contributed by atoms with Crippen LogP contribution in [0.5, 0.6) is 0 Å². The second-order valence-corrected chi connectivity index (χ2v) is 6.86. The summed E-state index contributed by atoms with van der Waals surface area (Å²) in [5.41, 5.74) is 11.0. The number of hydrogen-bond donors (Lipinski definition) is 2.